The Bertz CT molecular complexity index is 1230. The number of hydrogen-bond acceptors (Lipinski definition) is 5. The normalized spacial score (nSPS) is 14.0. The minimum atomic E-state index is -4.47. The largest absolute Gasteiger partial charge is 0.488 e. The van der Waals surface area contributed by atoms with Gasteiger partial charge in [0, 0.05) is 22.7 Å². The van der Waals surface area contributed by atoms with Crippen LogP contribution >= 0.6 is 11.3 Å². The van der Waals surface area contributed by atoms with Gasteiger partial charge in [0.15, 0.2) is 0 Å². The molecule has 35 heavy (non-hydrogen) atoms. The summed E-state index contributed by atoms with van der Waals surface area (Å²) in [4.78, 5) is 25.2. The lowest BCUT2D eigenvalue weighted by atomic mass is 10.1. The molecule has 0 aliphatic carbocycles. The molecule has 3 aromatic rings. The van der Waals surface area contributed by atoms with Gasteiger partial charge >= 0.3 is 12.1 Å². The molecule has 1 aromatic heterocycles. The molecule has 4 rings (SSSR count). The molecule has 2 aromatic carbocycles. The van der Waals surface area contributed by atoms with Gasteiger partial charge in [0.25, 0.3) is 0 Å². The van der Waals surface area contributed by atoms with Gasteiger partial charge in [-0.2, -0.15) is 13.2 Å². The number of amides is 1. The molecule has 0 spiro atoms. The Morgan fingerprint density at radius 3 is 2.57 bits per heavy atom. The molecule has 2 heterocycles. The Morgan fingerprint density at radius 2 is 1.91 bits per heavy atom. The highest BCUT2D eigenvalue weighted by atomic mass is 32.1. The van der Waals surface area contributed by atoms with Crippen LogP contribution in [0.3, 0.4) is 0 Å². The van der Waals surface area contributed by atoms with Crippen molar-refractivity contribution in [2.75, 3.05) is 18.5 Å². The molecule has 184 valence electrons. The number of carboxylic acids is 1. The zero-order valence-electron chi connectivity index (χ0n) is 18.8. The SMILES string of the molecule is CN[C@H](CC(=O)N1CCc2cc(OCc3cc(-c4ccccc4)c(C(F)(F)F)s3)ccc21)C(=O)O. The van der Waals surface area contributed by atoms with Crippen molar-refractivity contribution in [1.82, 2.24) is 5.32 Å². The number of likely N-dealkylation sites (N-methyl/N-ethyl adjacent to an activating group) is 1. The summed E-state index contributed by atoms with van der Waals surface area (Å²) in [7, 11) is 1.49. The maximum Gasteiger partial charge on any atom is 0.426 e. The third-order valence-electron chi connectivity index (χ3n) is 5.78. The standard InChI is InChI=1S/C25H23F3N2O4S/c1-29-20(24(32)33)13-22(31)30-10-9-16-11-17(7-8-21(16)30)34-14-18-12-19(15-5-3-2-4-6-15)23(35-18)25(26,27)28/h2-8,11-12,20,29H,9-10,13-14H2,1H3,(H,32,33)/t20-/m1/s1. The number of ether oxygens (including phenoxy) is 1. The molecule has 2 N–H and O–H groups in total. The van der Waals surface area contributed by atoms with Crippen LogP contribution < -0.4 is 15.0 Å². The van der Waals surface area contributed by atoms with E-state index in [4.69, 9.17) is 9.84 Å². The highest BCUT2D eigenvalue weighted by molar-refractivity contribution is 7.12. The van der Waals surface area contributed by atoms with E-state index in [1.165, 1.54) is 13.1 Å². The number of carboxylic acid groups (broad SMARTS) is 1. The second kappa shape index (κ2) is 10.1. The summed E-state index contributed by atoms with van der Waals surface area (Å²) in [6.07, 6.45) is -4.07. The molecule has 0 fully saturated rings. The number of alkyl halides is 3. The van der Waals surface area contributed by atoms with Crippen molar-refractivity contribution in [3.63, 3.8) is 0 Å². The summed E-state index contributed by atoms with van der Waals surface area (Å²) in [5, 5.41) is 11.8. The lowest BCUT2D eigenvalue weighted by Crippen LogP contribution is -2.40. The third-order valence-corrected chi connectivity index (χ3v) is 6.93. The fourth-order valence-electron chi connectivity index (χ4n) is 4.04. The van der Waals surface area contributed by atoms with Gasteiger partial charge in [-0.25, -0.2) is 0 Å². The third kappa shape index (κ3) is 5.49. The Kier molecular flexibility index (Phi) is 7.13. The molecule has 0 saturated carbocycles. The summed E-state index contributed by atoms with van der Waals surface area (Å²) < 4.78 is 46.6. The Balaban J connectivity index is 1.47. The Hall–Kier alpha value is -3.37. The maximum atomic E-state index is 13.6. The number of nitrogens with zero attached hydrogens (tertiary/aromatic N) is 1. The molecule has 10 heteroatoms. The number of thiophene rings is 1. The number of rotatable bonds is 8. The molecule has 0 radical (unpaired) electrons. The summed E-state index contributed by atoms with van der Waals surface area (Å²) >= 11 is 0.664. The van der Waals surface area contributed by atoms with E-state index in [2.05, 4.69) is 5.32 Å². The lowest BCUT2D eigenvalue weighted by molar-refractivity contribution is -0.141. The van der Waals surface area contributed by atoms with Gasteiger partial charge in [-0.3, -0.25) is 9.59 Å². The number of benzene rings is 2. The van der Waals surface area contributed by atoms with E-state index in [-0.39, 0.29) is 24.5 Å². The van der Waals surface area contributed by atoms with Crippen LogP contribution in [0.25, 0.3) is 11.1 Å². The highest BCUT2D eigenvalue weighted by Gasteiger charge is 2.36. The average Bonchev–Trinajstić information content (AvgIpc) is 3.45. The first-order chi connectivity index (χ1) is 16.7. The smallest absolute Gasteiger partial charge is 0.426 e. The molecule has 6 nitrogen and oxygen atoms in total. The average molecular weight is 505 g/mol. The van der Waals surface area contributed by atoms with Crippen molar-refractivity contribution < 1.29 is 32.6 Å². The van der Waals surface area contributed by atoms with E-state index in [1.807, 2.05) is 0 Å². The van der Waals surface area contributed by atoms with Gasteiger partial charge in [-0.15, -0.1) is 11.3 Å². The zero-order chi connectivity index (χ0) is 25.2. The molecule has 1 aliphatic heterocycles. The quantitative estimate of drug-likeness (QED) is 0.453. The van der Waals surface area contributed by atoms with Crippen molar-refractivity contribution in [3.8, 4) is 16.9 Å². The summed E-state index contributed by atoms with van der Waals surface area (Å²) in [6.45, 7) is 0.401. The number of halogens is 3. The van der Waals surface area contributed by atoms with Crippen molar-refractivity contribution in [2.24, 2.45) is 0 Å². The van der Waals surface area contributed by atoms with Gasteiger partial charge in [-0.1, -0.05) is 30.3 Å². The second-order valence-electron chi connectivity index (χ2n) is 8.08. The zero-order valence-corrected chi connectivity index (χ0v) is 19.6. The second-order valence-corrected chi connectivity index (χ2v) is 9.21. The van der Waals surface area contributed by atoms with Crippen molar-refractivity contribution in [2.45, 2.75) is 31.7 Å². The molecule has 0 saturated heterocycles. The number of carbonyl (C=O) groups excluding carboxylic acids is 1. The summed E-state index contributed by atoms with van der Waals surface area (Å²) in [6, 6.07) is 14.1. The number of aliphatic carboxylic acids is 1. The van der Waals surface area contributed by atoms with Crippen LogP contribution in [0.4, 0.5) is 18.9 Å². The van der Waals surface area contributed by atoms with E-state index in [9.17, 15) is 22.8 Å². The molecule has 1 aliphatic rings. The summed E-state index contributed by atoms with van der Waals surface area (Å²) in [5.41, 5.74) is 2.17. The first-order valence-corrected chi connectivity index (χ1v) is 11.7. The van der Waals surface area contributed by atoms with Gasteiger partial charge in [0.2, 0.25) is 5.91 Å². The first kappa shape index (κ1) is 24.7. The van der Waals surface area contributed by atoms with Crippen molar-refractivity contribution in [1.29, 1.82) is 0 Å². The number of anilines is 1. The van der Waals surface area contributed by atoms with E-state index in [0.29, 0.717) is 46.2 Å². The van der Waals surface area contributed by atoms with Crippen LogP contribution in [-0.2, 0) is 28.8 Å². The maximum absolute atomic E-state index is 13.6. The fraction of sp³-hybridized carbons (Fsp3) is 0.280. The molecular weight excluding hydrogens is 481 g/mol. The van der Waals surface area contributed by atoms with E-state index in [1.54, 1.807) is 53.4 Å². The van der Waals surface area contributed by atoms with Crippen LogP contribution in [0.1, 0.15) is 21.7 Å². The number of nitrogens with one attached hydrogen (secondary N) is 1. The van der Waals surface area contributed by atoms with Crippen LogP contribution in [0, 0.1) is 0 Å². The Morgan fingerprint density at radius 1 is 1.17 bits per heavy atom. The van der Waals surface area contributed by atoms with Crippen molar-refractivity contribution >= 4 is 28.9 Å². The predicted molar refractivity (Wildman–Crippen MR) is 127 cm³/mol. The highest BCUT2D eigenvalue weighted by Crippen LogP contribution is 2.43. The van der Waals surface area contributed by atoms with Crippen LogP contribution in [0.2, 0.25) is 0 Å². The molecule has 1 amide bonds. The minimum Gasteiger partial charge on any atom is -0.488 e. The topological polar surface area (TPSA) is 78.9 Å². The monoisotopic (exact) mass is 504 g/mol. The number of carbonyl (C=O) groups is 2. The molecular formula is C25H23F3N2O4S. The first-order valence-electron chi connectivity index (χ1n) is 10.9. The van der Waals surface area contributed by atoms with Crippen molar-refractivity contribution in [3.05, 3.63) is 69.9 Å². The summed E-state index contributed by atoms with van der Waals surface area (Å²) in [5.74, 6) is -0.910. The van der Waals surface area contributed by atoms with E-state index in [0.717, 1.165) is 5.56 Å². The van der Waals surface area contributed by atoms with E-state index >= 15 is 0 Å². The van der Waals surface area contributed by atoms with Gasteiger partial charge in [-0.05, 0) is 48.9 Å². The van der Waals surface area contributed by atoms with Crippen LogP contribution in [0.15, 0.2) is 54.6 Å². The van der Waals surface area contributed by atoms with Gasteiger partial charge in [0.1, 0.15) is 23.3 Å². The Labute approximate surface area is 204 Å². The molecule has 1 atom stereocenters. The van der Waals surface area contributed by atoms with E-state index < -0.39 is 23.1 Å². The minimum absolute atomic E-state index is 0.0233. The lowest BCUT2D eigenvalue weighted by Gasteiger charge is -2.20. The van der Waals surface area contributed by atoms with Crippen LogP contribution in [-0.4, -0.2) is 36.6 Å². The van der Waals surface area contributed by atoms with Crippen LogP contribution in [0.5, 0.6) is 5.75 Å². The molecule has 0 unspecified atom stereocenters. The molecule has 0 bridgehead atoms. The predicted octanol–water partition coefficient (Wildman–Crippen LogP) is 4.96. The fourth-order valence-corrected chi connectivity index (χ4v) is 4.99. The van der Waals surface area contributed by atoms with Gasteiger partial charge < -0.3 is 20.1 Å². The number of hydrogen-bond donors (Lipinski definition) is 2. The van der Waals surface area contributed by atoms with Gasteiger partial charge in [0.05, 0.1) is 6.42 Å². The number of fused-ring (bicyclic) bond motifs is 1.